The molecule has 1 fully saturated rings. The molecule has 3 aromatic rings. The molecule has 3 heterocycles. The maximum absolute atomic E-state index is 13.5. The summed E-state index contributed by atoms with van der Waals surface area (Å²) in [6.45, 7) is 1.29. The van der Waals surface area contributed by atoms with Crippen molar-refractivity contribution in [1.82, 2.24) is 24.5 Å². The SMILES string of the molecule is COc1cc(S(=O)(=O)N(Cc2cccs2)C[C@@H]2CCCO2)ccc1-n1cnnn1. The molecule has 154 valence electrons. The van der Waals surface area contributed by atoms with Crippen LogP contribution in [0.5, 0.6) is 5.75 Å². The predicted molar refractivity (Wildman–Crippen MR) is 107 cm³/mol. The van der Waals surface area contributed by atoms with Crippen molar-refractivity contribution in [3.8, 4) is 11.4 Å². The van der Waals surface area contributed by atoms with Gasteiger partial charge >= 0.3 is 0 Å². The van der Waals surface area contributed by atoms with Crippen LogP contribution in [0.15, 0.2) is 46.9 Å². The summed E-state index contributed by atoms with van der Waals surface area (Å²) in [7, 11) is -2.28. The first-order chi connectivity index (χ1) is 14.1. The van der Waals surface area contributed by atoms with E-state index >= 15 is 0 Å². The second-order valence-corrected chi connectivity index (χ2v) is 9.57. The molecule has 0 unspecified atom stereocenters. The lowest BCUT2D eigenvalue weighted by atomic mass is 10.2. The van der Waals surface area contributed by atoms with Gasteiger partial charge in [0.1, 0.15) is 17.8 Å². The number of tetrazole rings is 1. The van der Waals surface area contributed by atoms with Crippen molar-refractivity contribution in [2.75, 3.05) is 20.3 Å². The van der Waals surface area contributed by atoms with Gasteiger partial charge < -0.3 is 9.47 Å². The number of ether oxygens (including phenoxy) is 2. The summed E-state index contributed by atoms with van der Waals surface area (Å²) in [6.07, 6.45) is 3.14. The molecule has 1 atom stereocenters. The van der Waals surface area contributed by atoms with Crippen molar-refractivity contribution in [1.29, 1.82) is 0 Å². The van der Waals surface area contributed by atoms with E-state index < -0.39 is 10.0 Å². The molecule has 9 nitrogen and oxygen atoms in total. The summed E-state index contributed by atoms with van der Waals surface area (Å²) < 4.78 is 41.0. The van der Waals surface area contributed by atoms with Crippen LogP contribution in [-0.4, -0.2) is 59.3 Å². The molecule has 0 N–H and O–H groups in total. The molecule has 0 saturated carbocycles. The van der Waals surface area contributed by atoms with Crippen molar-refractivity contribution >= 4 is 21.4 Å². The summed E-state index contributed by atoms with van der Waals surface area (Å²) in [6, 6.07) is 8.54. The van der Waals surface area contributed by atoms with E-state index in [4.69, 9.17) is 9.47 Å². The van der Waals surface area contributed by atoms with Gasteiger partial charge in [-0.05, 0) is 46.8 Å². The number of benzene rings is 1. The smallest absolute Gasteiger partial charge is 0.243 e. The fraction of sp³-hybridized carbons (Fsp3) is 0.389. The topological polar surface area (TPSA) is 99.4 Å². The molecule has 1 aromatic carbocycles. The van der Waals surface area contributed by atoms with Crippen LogP contribution in [0, 0.1) is 0 Å². The maximum atomic E-state index is 13.5. The van der Waals surface area contributed by atoms with E-state index in [1.165, 1.54) is 39.8 Å². The van der Waals surface area contributed by atoms with Crippen LogP contribution < -0.4 is 4.74 Å². The van der Waals surface area contributed by atoms with Crippen LogP contribution in [0.1, 0.15) is 17.7 Å². The number of rotatable bonds is 8. The number of sulfonamides is 1. The van der Waals surface area contributed by atoms with Gasteiger partial charge in [0.2, 0.25) is 10.0 Å². The zero-order valence-corrected chi connectivity index (χ0v) is 17.5. The molecule has 0 bridgehead atoms. The molecule has 0 spiro atoms. The van der Waals surface area contributed by atoms with E-state index in [1.54, 1.807) is 12.1 Å². The van der Waals surface area contributed by atoms with E-state index in [1.807, 2.05) is 17.5 Å². The van der Waals surface area contributed by atoms with Crippen LogP contribution in [0.2, 0.25) is 0 Å². The molecule has 1 aliphatic rings. The van der Waals surface area contributed by atoms with Gasteiger partial charge in [0, 0.05) is 30.6 Å². The van der Waals surface area contributed by atoms with Gasteiger partial charge in [0.05, 0.1) is 18.1 Å². The Labute approximate surface area is 172 Å². The lowest BCUT2D eigenvalue weighted by molar-refractivity contribution is 0.0927. The average Bonchev–Trinajstić information content (AvgIpc) is 3.50. The third-order valence-corrected chi connectivity index (χ3v) is 7.40. The van der Waals surface area contributed by atoms with E-state index in [0.717, 1.165) is 17.7 Å². The highest BCUT2D eigenvalue weighted by Crippen LogP contribution is 2.29. The molecular weight excluding hydrogens is 414 g/mol. The van der Waals surface area contributed by atoms with Crippen LogP contribution in [0.4, 0.5) is 0 Å². The number of methoxy groups -OCH3 is 1. The summed E-state index contributed by atoms with van der Waals surface area (Å²) >= 11 is 1.53. The normalized spacial score (nSPS) is 17.1. The number of nitrogens with zero attached hydrogens (tertiary/aromatic N) is 5. The van der Waals surface area contributed by atoms with Crippen molar-refractivity contribution in [3.05, 3.63) is 46.9 Å². The van der Waals surface area contributed by atoms with Gasteiger partial charge in [-0.3, -0.25) is 0 Å². The summed E-state index contributed by atoms with van der Waals surface area (Å²) in [5.74, 6) is 0.367. The Morgan fingerprint density at radius 1 is 1.38 bits per heavy atom. The third kappa shape index (κ3) is 4.32. The van der Waals surface area contributed by atoms with E-state index in [2.05, 4.69) is 15.5 Å². The number of hydrogen-bond acceptors (Lipinski definition) is 8. The quantitative estimate of drug-likeness (QED) is 0.534. The van der Waals surface area contributed by atoms with Crippen LogP contribution in [-0.2, 0) is 21.3 Å². The van der Waals surface area contributed by atoms with Gasteiger partial charge in [-0.15, -0.1) is 16.4 Å². The lowest BCUT2D eigenvalue weighted by Crippen LogP contribution is -2.36. The largest absolute Gasteiger partial charge is 0.494 e. The Kier molecular flexibility index (Phi) is 5.90. The van der Waals surface area contributed by atoms with Crippen molar-refractivity contribution in [3.63, 3.8) is 0 Å². The van der Waals surface area contributed by atoms with Gasteiger partial charge in [0.25, 0.3) is 0 Å². The number of aromatic nitrogens is 4. The second kappa shape index (κ2) is 8.57. The lowest BCUT2D eigenvalue weighted by Gasteiger charge is -2.25. The van der Waals surface area contributed by atoms with E-state index in [0.29, 0.717) is 31.1 Å². The number of thiophene rings is 1. The first-order valence-electron chi connectivity index (χ1n) is 9.13. The summed E-state index contributed by atoms with van der Waals surface area (Å²) in [4.78, 5) is 1.13. The Bertz CT molecular complexity index is 1030. The van der Waals surface area contributed by atoms with E-state index in [9.17, 15) is 8.42 Å². The first kappa shape index (κ1) is 20.0. The highest BCUT2D eigenvalue weighted by atomic mass is 32.2. The van der Waals surface area contributed by atoms with Gasteiger partial charge in [-0.2, -0.15) is 8.99 Å². The first-order valence-corrected chi connectivity index (χ1v) is 11.5. The Balaban J connectivity index is 1.67. The van der Waals surface area contributed by atoms with Crippen molar-refractivity contribution in [2.24, 2.45) is 0 Å². The molecule has 29 heavy (non-hydrogen) atoms. The molecule has 0 radical (unpaired) electrons. The van der Waals surface area contributed by atoms with Crippen LogP contribution in [0.25, 0.3) is 5.69 Å². The Morgan fingerprint density at radius 2 is 2.28 bits per heavy atom. The Hall–Kier alpha value is -2.34. The average molecular weight is 436 g/mol. The minimum Gasteiger partial charge on any atom is -0.494 e. The fourth-order valence-corrected chi connectivity index (χ4v) is 5.53. The summed E-state index contributed by atoms with van der Waals surface area (Å²) in [5, 5.41) is 13.0. The van der Waals surface area contributed by atoms with Gasteiger partial charge in [0.15, 0.2) is 0 Å². The zero-order valence-electron chi connectivity index (χ0n) is 15.8. The van der Waals surface area contributed by atoms with Crippen LogP contribution >= 0.6 is 11.3 Å². The minimum atomic E-state index is -3.76. The highest BCUT2D eigenvalue weighted by molar-refractivity contribution is 7.89. The van der Waals surface area contributed by atoms with Crippen molar-refractivity contribution in [2.45, 2.75) is 30.4 Å². The third-order valence-electron chi connectivity index (χ3n) is 4.73. The minimum absolute atomic E-state index is 0.0906. The predicted octanol–water partition coefficient (Wildman–Crippen LogP) is 2.10. The van der Waals surface area contributed by atoms with Gasteiger partial charge in [-0.25, -0.2) is 8.42 Å². The molecular formula is C18H21N5O4S2. The molecule has 11 heteroatoms. The van der Waals surface area contributed by atoms with Crippen LogP contribution in [0.3, 0.4) is 0 Å². The Morgan fingerprint density at radius 3 is 2.93 bits per heavy atom. The van der Waals surface area contributed by atoms with Crippen molar-refractivity contribution < 1.29 is 17.9 Å². The standard InChI is InChI=1S/C18H21N5O4S2/c1-26-18-10-16(6-7-17(18)23-13-19-20-21-23)29(24,25)22(11-14-4-2-8-27-14)12-15-5-3-9-28-15/h3,5-7,9-10,13-14H,2,4,8,11-12H2,1H3/t14-/m0/s1. The molecule has 0 aliphatic carbocycles. The zero-order chi connectivity index (χ0) is 20.3. The molecule has 4 rings (SSSR count). The second-order valence-electron chi connectivity index (χ2n) is 6.60. The van der Waals surface area contributed by atoms with Gasteiger partial charge in [-0.1, -0.05) is 6.07 Å². The number of hydrogen-bond donors (Lipinski definition) is 0. The monoisotopic (exact) mass is 435 g/mol. The molecule has 1 saturated heterocycles. The highest BCUT2D eigenvalue weighted by Gasteiger charge is 2.30. The summed E-state index contributed by atoms with van der Waals surface area (Å²) in [5.41, 5.74) is 0.556. The molecule has 0 amide bonds. The fourth-order valence-electron chi connectivity index (χ4n) is 3.27. The van der Waals surface area contributed by atoms with E-state index in [-0.39, 0.29) is 11.0 Å². The maximum Gasteiger partial charge on any atom is 0.243 e. The molecule has 2 aromatic heterocycles. The molecule has 1 aliphatic heterocycles.